The summed E-state index contributed by atoms with van der Waals surface area (Å²) in [6.45, 7) is 0. The van der Waals surface area contributed by atoms with E-state index in [4.69, 9.17) is 9.92 Å². The van der Waals surface area contributed by atoms with Gasteiger partial charge in [0, 0.05) is 12.0 Å². The Kier molecular flexibility index (Phi) is 5.10. The number of benzene rings is 2. The van der Waals surface area contributed by atoms with Crippen molar-refractivity contribution in [1.82, 2.24) is 4.98 Å². The summed E-state index contributed by atoms with van der Waals surface area (Å²) in [5.74, 6) is 0.690. The lowest BCUT2D eigenvalue weighted by Crippen LogP contribution is -2.12. The zero-order chi connectivity index (χ0) is 21.6. The molecule has 1 amide bonds. The number of hydrogen-bond acceptors (Lipinski definition) is 7. The number of nitrogens with two attached hydrogens (primary N) is 1. The molecule has 2 aliphatic carbocycles. The van der Waals surface area contributed by atoms with Crippen LogP contribution >= 0.6 is 11.3 Å². The smallest absolute Gasteiger partial charge is 0.341 e. The molecule has 2 aromatic carbocycles. The van der Waals surface area contributed by atoms with E-state index >= 15 is 0 Å². The lowest BCUT2D eigenvalue weighted by Gasteiger charge is -2.13. The van der Waals surface area contributed by atoms with Gasteiger partial charge in [-0.25, -0.2) is 4.98 Å². The fraction of sp³-hybridized carbons (Fsp3) is 0.364. The fourth-order valence-electron chi connectivity index (χ4n) is 4.04. The van der Waals surface area contributed by atoms with Gasteiger partial charge in [-0.1, -0.05) is 30.2 Å². The van der Waals surface area contributed by atoms with Gasteiger partial charge in [0.1, 0.15) is 10.6 Å². The number of anilines is 2. The number of rotatable bonds is 6. The third-order valence-electron chi connectivity index (χ3n) is 5.87. The van der Waals surface area contributed by atoms with E-state index in [0.29, 0.717) is 16.6 Å². The van der Waals surface area contributed by atoms with Crippen LogP contribution in [0.25, 0.3) is 10.2 Å². The molecule has 9 heteroatoms. The maximum absolute atomic E-state index is 12.9. The molecule has 0 aliphatic heterocycles. The molecule has 5 rings (SSSR count). The van der Waals surface area contributed by atoms with E-state index < -0.39 is 10.1 Å². The van der Waals surface area contributed by atoms with Crippen LogP contribution in [0.2, 0.25) is 0 Å². The summed E-state index contributed by atoms with van der Waals surface area (Å²) < 4.78 is 31.8. The van der Waals surface area contributed by atoms with Crippen LogP contribution in [0.5, 0.6) is 5.75 Å². The molecule has 0 spiro atoms. The molecule has 0 atom stereocenters. The van der Waals surface area contributed by atoms with Gasteiger partial charge in [-0.2, -0.15) is 8.42 Å². The minimum atomic E-state index is -4.08. The van der Waals surface area contributed by atoms with E-state index in [0.717, 1.165) is 35.9 Å². The standard InChI is InChI=1S/C22H23N3O4S2/c23-17-11-15(13-3-1-2-4-13)7-10-20(17)31(27,28)29-16-8-9-18-19(12-16)30-22(24-18)25-21(26)14-5-6-14/h7-14H,1-6,23H2,(H,24,25,26). The van der Waals surface area contributed by atoms with Gasteiger partial charge in [0.2, 0.25) is 5.91 Å². The highest BCUT2D eigenvalue weighted by molar-refractivity contribution is 7.87. The first-order chi connectivity index (χ1) is 14.9. The third-order valence-corrected chi connectivity index (χ3v) is 8.13. The van der Waals surface area contributed by atoms with Crippen LogP contribution in [0.1, 0.15) is 50.0 Å². The number of aromatic nitrogens is 1. The molecule has 0 saturated heterocycles. The van der Waals surface area contributed by atoms with Crippen molar-refractivity contribution in [3.8, 4) is 5.75 Å². The average Bonchev–Trinajstić information content (AvgIpc) is 3.28. The number of carbonyl (C=O) groups excluding carboxylic acids is 1. The fourth-order valence-corrected chi connectivity index (χ4v) is 5.97. The summed E-state index contributed by atoms with van der Waals surface area (Å²) >= 11 is 1.28. The number of hydrogen-bond donors (Lipinski definition) is 2. The highest BCUT2D eigenvalue weighted by atomic mass is 32.2. The summed E-state index contributed by atoms with van der Waals surface area (Å²) in [5, 5.41) is 3.31. The van der Waals surface area contributed by atoms with Crippen molar-refractivity contribution in [3.05, 3.63) is 42.0 Å². The van der Waals surface area contributed by atoms with Gasteiger partial charge in [0.25, 0.3) is 0 Å². The van der Waals surface area contributed by atoms with Gasteiger partial charge in [0.05, 0.1) is 15.9 Å². The van der Waals surface area contributed by atoms with Crippen LogP contribution < -0.4 is 15.2 Å². The zero-order valence-corrected chi connectivity index (χ0v) is 18.5. The molecule has 2 aliphatic rings. The molecule has 0 unspecified atom stereocenters. The molecule has 3 aromatic rings. The van der Waals surface area contributed by atoms with Gasteiger partial charge in [-0.05, 0) is 61.4 Å². The second-order valence-electron chi connectivity index (χ2n) is 8.23. The molecule has 2 saturated carbocycles. The first-order valence-corrected chi connectivity index (χ1v) is 12.7. The third kappa shape index (κ3) is 4.24. The van der Waals surface area contributed by atoms with Gasteiger partial charge >= 0.3 is 10.1 Å². The van der Waals surface area contributed by atoms with E-state index in [9.17, 15) is 13.2 Å². The molecule has 0 radical (unpaired) electrons. The summed E-state index contributed by atoms with van der Waals surface area (Å²) in [6.07, 6.45) is 6.44. The van der Waals surface area contributed by atoms with Crippen molar-refractivity contribution < 1.29 is 17.4 Å². The van der Waals surface area contributed by atoms with Crippen molar-refractivity contribution in [1.29, 1.82) is 0 Å². The summed E-state index contributed by atoms with van der Waals surface area (Å²) in [5.41, 5.74) is 8.05. The Morgan fingerprint density at radius 1 is 1.10 bits per heavy atom. The first-order valence-electron chi connectivity index (χ1n) is 10.4. The molecule has 1 aromatic heterocycles. The van der Waals surface area contributed by atoms with Crippen LogP contribution in [0.3, 0.4) is 0 Å². The predicted octanol–water partition coefficient (Wildman–Crippen LogP) is 4.65. The van der Waals surface area contributed by atoms with E-state index in [-0.39, 0.29) is 28.2 Å². The molecule has 7 nitrogen and oxygen atoms in total. The molecular formula is C22H23N3O4S2. The molecule has 0 bridgehead atoms. The Balaban J connectivity index is 1.35. The second-order valence-corrected chi connectivity index (χ2v) is 10.8. The molecule has 162 valence electrons. The zero-order valence-electron chi connectivity index (χ0n) is 16.8. The normalized spacial score (nSPS) is 17.2. The van der Waals surface area contributed by atoms with E-state index in [2.05, 4.69) is 10.3 Å². The lowest BCUT2D eigenvalue weighted by atomic mass is 9.97. The van der Waals surface area contributed by atoms with Crippen molar-refractivity contribution >= 4 is 48.4 Å². The number of thiazole rings is 1. The summed E-state index contributed by atoms with van der Waals surface area (Å²) in [4.78, 5) is 16.3. The maximum atomic E-state index is 12.9. The van der Waals surface area contributed by atoms with E-state index in [1.165, 1.54) is 30.2 Å². The van der Waals surface area contributed by atoms with Gasteiger partial charge in [0.15, 0.2) is 5.13 Å². The van der Waals surface area contributed by atoms with Crippen LogP contribution in [0.15, 0.2) is 41.3 Å². The molecule has 2 fully saturated rings. The van der Waals surface area contributed by atoms with E-state index in [1.807, 2.05) is 6.07 Å². The lowest BCUT2D eigenvalue weighted by molar-refractivity contribution is -0.117. The SMILES string of the molecule is Nc1cc(C2CCCC2)ccc1S(=O)(=O)Oc1ccc2nc(NC(=O)C3CC3)sc2c1. The minimum absolute atomic E-state index is 0.0189. The summed E-state index contributed by atoms with van der Waals surface area (Å²) in [7, 11) is -4.08. The van der Waals surface area contributed by atoms with Gasteiger partial charge in [-0.3, -0.25) is 4.79 Å². The molecule has 3 N–H and O–H groups in total. The topological polar surface area (TPSA) is 111 Å². The van der Waals surface area contributed by atoms with Crippen LogP contribution in [-0.2, 0) is 14.9 Å². The number of carbonyl (C=O) groups is 1. The van der Waals surface area contributed by atoms with Crippen molar-refractivity contribution in [2.75, 3.05) is 11.1 Å². The number of nitrogens with zero attached hydrogens (tertiary/aromatic N) is 1. The number of fused-ring (bicyclic) bond motifs is 1. The van der Waals surface area contributed by atoms with Crippen molar-refractivity contribution in [2.45, 2.75) is 49.3 Å². The maximum Gasteiger partial charge on any atom is 0.341 e. The monoisotopic (exact) mass is 457 g/mol. The van der Waals surface area contributed by atoms with Crippen LogP contribution in [-0.4, -0.2) is 19.3 Å². The Hall–Kier alpha value is -2.65. The highest BCUT2D eigenvalue weighted by Gasteiger charge is 2.30. The summed E-state index contributed by atoms with van der Waals surface area (Å²) in [6, 6.07) is 9.97. The van der Waals surface area contributed by atoms with Crippen molar-refractivity contribution in [3.63, 3.8) is 0 Å². The second kappa shape index (κ2) is 7.80. The Labute approximate surface area is 184 Å². The van der Waals surface area contributed by atoms with Crippen LogP contribution in [0.4, 0.5) is 10.8 Å². The van der Waals surface area contributed by atoms with Gasteiger partial charge in [-0.15, -0.1) is 0 Å². The first kappa shape index (κ1) is 20.3. The quantitative estimate of drug-likeness (QED) is 0.412. The Morgan fingerprint density at radius 2 is 1.87 bits per heavy atom. The average molecular weight is 458 g/mol. The van der Waals surface area contributed by atoms with Gasteiger partial charge < -0.3 is 15.2 Å². The number of amides is 1. The van der Waals surface area contributed by atoms with Crippen molar-refractivity contribution in [2.24, 2.45) is 5.92 Å². The molecule has 31 heavy (non-hydrogen) atoms. The Bertz CT molecular complexity index is 1260. The highest BCUT2D eigenvalue weighted by Crippen LogP contribution is 2.37. The minimum Gasteiger partial charge on any atom is -0.398 e. The molecule has 1 heterocycles. The molecular weight excluding hydrogens is 434 g/mol. The van der Waals surface area contributed by atoms with E-state index in [1.54, 1.807) is 24.3 Å². The largest absolute Gasteiger partial charge is 0.398 e. The Morgan fingerprint density at radius 3 is 2.58 bits per heavy atom. The predicted molar refractivity (Wildman–Crippen MR) is 121 cm³/mol. The van der Waals surface area contributed by atoms with Crippen LogP contribution in [0, 0.1) is 5.92 Å². The number of nitrogens with one attached hydrogen (secondary N) is 1. The number of nitrogen functional groups attached to an aromatic ring is 1.